The van der Waals surface area contributed by atoms with Gasteiger partial charge in [-0.2, -0.15) is 0 Å². The Bertz CT molecular complexity index is 906. The summed E-state index contributed by atoms with van der Waals surface area (Å²) in [6, 6.07) is 11.6. The lowest BCUT2D eigenvalue weighted by atomic mass is 9.94. The van der Waals surface area contributed by atoms with Gasteiger partial charge >= 0.3 is 0 Å². The first-order valence-corrected chi connectivity index (χ1v) is 8.41. The molecule has 0 spiro atoms. The molecule has 2 heterocycles. The van der Waals surface area contributed by atoms with Gasteiger partial charge in [0.15, 0.2) is 5.13 Å². The Morgan fingerprint density at radius 2 is 2.04 bits per heavy atom. The van der Waals surface area contributed by atoms with E-state index in [1.54, 1.807) is 18.3 Å². The molecule has 0 saturated heterocycles. The predicted molar refractivity (Wildman–Crippen MR) is 92.2 cm³/mol. The van der Waals surface area contributed by atoms with E-state index in [2.05, 4.69) is 27.4 Å². The lowest BCUT2D eigenvalue weighted by Crippen LogP contribution is -2.12. The molecule has 3 aromatic rings. The van der Waals surface area contributed by atoms with E-state index in [1.807, 2.05) is 12.1 Å². The highest BCUT2D eigenvalue weighted by atomic mass is 35.5. The van der Waals surface area contributed by atoms with E-state index in [4.69, 9.17) is 11.6 Å². The molecule has 0 atom stereocenters. The molecular formula is C17H12ClN3OS. The third kappa shape index (κ3) is 2.62. The van der Waals surface area contributed by atoms with Crippen LogP contribution in [-0.2, 0) is 12.8 Å². The van der Waals surface area contributed by atoms with Crippen LogP contribution in [-0.4, -0.2) is 15.9 Å². The minimum Gasteiger partial charge on any atom is -0.298 e. The Morgan fingerprint density at radius 1 is 1.17 bits per heavy atom. The zero-order valence-corrected chi connectivity index (χ0v) is 13.6. The number of hydrogen-bond donors (Lipinski definition) is 1. The van der Waals surface area contributed by atoms with Gasteiger partial charge < -0.3 is 0 Å². The second kappa shape index (κ2) is 5.76. The maximum atomic E-state index is 12.3. The molecule has 114 valence electrons. The van der Waals surface area contributed by atoms with Gasteiger partial charge in [0.2, 0.25) is 0 Å². The van der Waals surface area contributed by atoms with Crippen molar-refractivity contribution in [2.45, 2.75) is 12.8 Å². The van der Waals surface area contributed by atoms with Crippen molar-refractivity contribution in [3.8, 4) is 11.3 Å². The molecule has 0 saturated carbocycles. The minimum absolute atomic E-state index is 0.191. The van der Waals surface area contributed by atoms with Gasteiger partial charge in [-0.15, -0.1) is 11.3 Å². The van der Waals surface area contributed by atoms with E-state index in [-0.39, 0.29) is 11.1 Å². The van der Waals surface area contributed by atoms with E-state index < -0.39 is 0 Å². The summed E-state index contributed by atoms with van der Waals surface area (Å²) in [6.07, 6.45) is 3.51. The number of halogens is 1. The Balaban J connectivity index is 1.65. The molecular weight excluding hydrogens is 330 g/mol. The molecule has 6 heteroatoms. The maximum absolute atomic E-state index is 12.3. The van der Waals surface area contributed by atoms with Gasteiger partial charge in [-0.1, -0.05) is 35.9 Å². The van der Waals surface area contributed by atoms with E-state index in [9.17, 15) is 4.79 Å². The second-order valence-corrected chi connectivity index (χ2v) is 6.69. The molecule has 23 heavy (non-hydrogen) atoms. The molecule has 0 bridgehead atoms. The standard InChI is InChI=1S/C17H12ClN3OS/c18-15-12(6-3-9-19-15)16(22)21-17-20-14-11-5-2-1-4-10(11)7-8-13(14)23-17/h1-6,9H,7-8H2,(H,20,21,22). The van der Waals surface area contributed by atoms with E-state index in [0.717, 1.165) is 24.1 Å². The quantitative estimate of drug-likeness (QED) is 0.710. The maximum Gasteiger partial charge on any atom is 0.260 e. The summed E-state index contributed by atoms with van der Waals surface area (Å²) in [4.78, 5) is 22.1. The Kier molecular flexibility index (Phi) is 3.59. The van der Waals surface area contributed by atoms with Crippen LogP contribution in [0.2, 0.25) is 5.15 Å². The highest BCUT2D eigenvalue weighted by molar-refractivity contribution is 7.16. The number of pyridine rings is 1. The number of benzene rings is 1. The normalized spacial score (nSPS) is 12.4. The van der Waals surface area contributed by atoms with E-state index in [0.29, 0.717) is 10.7 Å². The van der Waals surface area contributed by atoms with Crippen LogP contribution in [0.3, 0.4) is 0 Å². The topological polar surface area (TPSA) is 54.9 Å². The predicted octanol–water partition coefficient (Wildman–Crippen LogP) is 4.21. The molecule has 0 fully saturated rings. The highest BCUT2D eigenvalue weighted by Gasteiger charge is 2.21. The molecule has 1 aliphatic rings. The summed E-state index contributed by atoms with van der Waals surface area (Å²) in [6.45, 7) is 0. The lowest BCUT2D eigenvalue weighted by molar-refractivity contribution is 0.102. The molecule has 0 unspecified atom stereocenters. The number of aromatic nitrogens is 2. The lowest BCUT2D eigenvalue weighted by Gasteiger charge is -2.13. The highest BCUT2D eigenvalue weighted by Crippen LogP contribution is 2.38. The van der Waals surface area contributed by atoms with Gasteiger partial charge in [-0.25, -0.2) is 9.97 Å². The number of rotatable bonds is 2. The number of thiazole rings is 1. The third-order valence-electron chi connectivity index (χ3n) is 3.82. The van der Waals surface area contributed by atoms with Crippen LogP contribution in [0.4, 0.5) is 5.13 Å². The third-order valence-corrected chi connectivity index (χ3v) is 5.15. The van der Waals surface area contributed by atoms with Crippen molar-refractivity contribution in [1.29, 1.82) is 0 Å². The first-order valence-electron chi connectivity index (χ1n) is 7.22. The van der Waals surface area contributed by atoms with Crippen molar-refractivity contribution in [2.75, 3.05) is 5.32 Å². The van der Waals surface area contributed by atoms with E-state index in [1.165, 1.54) is 21.8 Å². The summed E-state index contributed by atoms with van der Waals surface area (Å²) in [5.41, 5.74) is 3.79. The molecule has 1 aliphatic carbocycles. The van der Waals surface area contributed by atoms with Gasteiger partial charge in [0, 0.05) is 16.6 Å². The van der Waals surface area contributed by atoms with Crippen LogP contribution in [0.15, 0.2) is 42.6 Å². The molecule has 1 aromatic carbocycles. The van der Waals surface area contributed by atoms with E-state index >= 15 is 0 Å². The van der Waals surface area contributed by atoms with Gasteiger partial charge in [0.25, 0.3) is 5.91 Å². The number of carbonyl (C=O) groups excluding carboxylic acids is 1. The molecule has 0 radical (unpaired) electrons. The summed E-state index contributed by atoms with van der Waals surface area (Å²) < 4.78 is 0. The van der Waals surface area contributed by atoms with Gasteiger partial charge in [-0.05, 0) is 30.5 Å². The summed E-state index contributed by atoms with van der Waals surface area (Å²) >= 11 is 7.49. The molecule has 0 aliphatic heterocycles. The number of carbonyl (C=O) groups is 1. The van der Waals surface area contributed by atoms with Crippen LogP contribution in [0.1, 0.15) is 20.8 Å². The first kappa shape index (κ1) is 14.4. The van der Waals surface area contributed by atoms with Crippen molar-refractivity contribution >= 4 is 34.0 Å². The van der Waals surface area contributed by atoms with Gasteiger partial charge in [-0.3, -0.25) is 10.1 Å². The zero-order valence-electron chi connectivity index (χ0n) is 12.0. The van der Waals surface area contributed by atoms with Crippen LogP contribution >= 0.6 is 22.9 Å². The van der Waals surface area contributed by atoms with Crippen LogP contribution in [0.5, 0.6) is 0 Å². The minimum atomic E-state index is -0.289. The van der Waals surface area contributed by atoms with Crippen molar-refractivity contribution in [2.24, 2.45) is 0 Å². The van der Waals surface area contributed by atoms with Gasteiger partial charge in [0.1, 0.15) is 5.15 Å². The second-order valence-electron chi connectivity index (χ2n) is 5.24. The monoisotopic (exact) mass is 341 g/mol. The molecule has 4 nitrogen and oxygen atoms in total. The average molecular weight is 342 g/mol. The van der Waals surface area contributed by atoms with Crippen molar-refractivity contribution in [3.63, 3.8) is 0 Å². The summed E-state index contributed by atoms with van der Waals surface area (Å²) in [7, 11) is 0. The smallest absolute Gasteiger partial charge is 0.260 e. The number of fused-ring (bicyclic) bond motifs is 3. The molecule has 4 rings (SSSR count). The largest absolute Gasteiger partial charge is 0.298 e. The fourth-order valence-corrected chi connectivity index (χ4v) is 3.90. The van der Waals surface area contributed by atoms with Gasteiger partial charge in [0.05, 0.1) is 11.3 Å². The number of anilines is 1. The molecule has 2 aromatic heterocycles. The van der Waals surface area contributed by atoms with Crippen molar-refractivity contribution in [1.82, 2.24) is 9.97 Å². The van der Waals surface area contributed by atoms with Crippen molar-refractivity contribution in [3.05, 3.63) is 63.8 Å². The number of amides is 1. The van der Waals surface area contributed by atoms with Crippen LogP contribution in [0, 0.1) is 0 Å². The number of hydrogen-bond acceptors (Lipinski definition) is 4. The Hall–Kier alpha value is -2.24. The SMILES string of the molecule is O=C(Nc1nc2c(s1)CCc1ccccc1-2)c1cccnc1Cl. The first-order chi connectivity index (χ1) is 11.2. The van der Waals surface area contributed by atoms with Crippen LogP contribution in [0.25, 0.3) is 11.3 Å². The Labute approximate surface area is 142 Å². The molecule has 1 N–H and O–H groups in total. The summed E-state index contributed by atoms with van der Waals surface area (Å²) in [5.74, 6) is -0.289. The summed E-state index contributed by atoms with van der Waals surface area (Å²) in [5, 5.41) is 3.62. The van der Waals surface area contributed by atoms with Crippen LogP contribution < -0.4 is 5.32 Å². The average Bonchev–Trinajstić information content (AvgIpc) is 2.98. The molecule has 1 amide bonds. The number of aryl methyl sites for hydroxylation is 2. The zero-order chi connectivity index (χ0) is 15.8. The van der Waals surface area contributed by atoms with Crippen molar-refractivity contribution < 1.29 is 4.79 Å². The fraction of sp³-hybridized carbons (Fsp3) is 0.118. The number of nitrogens with one attached hydrogen (secondary N) is 1. The fourth-order valence-electron chi connectivity index (χ4n) is 2.72. The Morgan fingerprint density at radius 3 is 2.91 bits per heavy atom. The number of nitrogens with zero attached hydrogens (tertiary/aromatic N) is 2.